The van der Waals surface area contributed by atoms with Crippen molar-refractivity contribution in [3.63, 3.8) is 0 Å². The number of nitro groups is 3. The normalized spacial score (nSPS) is 13.9. The predicted molar refractivity (Wildman–Crippen MR) is 219 cm³/mol. The molecule has 2 fully saturated rings. The van der Waals surface area contributed by atoms with Crippen molar-refractivity contribution in [1.29, 1.82) is 0 Å². The Hall–Kier alpha value is -6.51. The number of benzene rings is 4. The Morgan fingerprint density at radius 1 is 0.613 bits per heavy atom. The monoisotopic (exact) mass is 880 g/mol. The number of rotatable bonds is 7. The molecule has 62 heavy (non-hydrogen) atoms. The van der Waals surface area contributed by atoms with Gasteiger partial charge in [-0.2, -0.15) is 26.3 Å². The minimum Gasteiger partial charge on any atom is -0.497 e. The highest BCUT2D eigenvalue weighted by molar-refractivity contribution is 5.75. The number of amides is 1. The Morgan fingerprint density at radius 2 is 1.03 bits per heavy atom. The Balaban J connectivity index is 0.000000234. The lowest BCUT2D eigenvalue weighted by molar-refractivity contribution is -0.385. The molecule has 0 spiro atoms. The summed E-state index contributed by atoms with van der Waals surface area (Å²) in [4.78, 5) is 47.1. The number of hydrogen-bond donors (Lipinski definition) is 0. The first-order valence-electron chi connectivity index (χ1n) is 19.0. The standard InChI is InChI=1S/C18H21N3O3.2C8H6F3NO2.C7H13NO2/c1-14-13-16(5-8-18(14)21(22)23)20-11-9-19(10-12-20)15-3-6-17(24-2)7-4-15;2*1-5-2-3-6(8(9,10)11)4-7(5)12(13)14;1-2-7(9)8-3-5-10-6-4-8/h3-8,13H,9-12H2,1-2H3;2*2-4H,1H3;2-6H2,1H3. The van der Waals surface area contributed by atoms with Crippen LogP contribution in [0.2, 0.25) is 0 Å². The zero-order chi connectivity index (χ0) is 46.4. The number of alkyl halides is 6. The molecule has 336 valence electrons. The Labute approximate surface area is 352 Å². The predicted octanol–water partition coefficient (Wildman–Crippen LogP) is 9.34. The molecule has 0 aromatic heterocycles. The van der Waals surface area contributed by atoms with Crippen molar-refractivity contribution >= 4 is 34.3 Å². The molecule has 2 aliphatic heterocycles. The Bertz CT molecular complexity index is 2080. The van der Waals surface area contributed by atoms with Crippen molar-refractivity contribution in [1.82, 2.24) is 4.90 Å². The largest absolute Gasteiger partial charge is 0.497 e. The number of anilines is 2. The number of methoxy groups -OCH3 is 1. The third kappa shape index (κ3) is 14.6. The van der Waals surface area contributed by atoms with Gasteiger partial charge in [-0.15, -0.1) is 0 Å². The number of morpholine rings is 1. The highest BCUT2D eigenvalue weighted by atomic mass is 19.4. The number of piperazine rings is 1. The molecule has 2 saturated heterocycles. The SMILES string of the molecule is CCC(=O)N1CCOCC1.COc1ccc(N2CCN(c3ccc([N+](=O)[O-])c(C)c3)CC2)cc1.Cc1ccc(C(F)(F)F)cc1[N+](=O)[O-].Cc1ccc(C(F)(F)F)cc1[N+](=O)[O-]. The molecular weight excluding hydrogens is 834 g/mol. The molecule has 0 aliphatic carbocycles. The van der Waals surface area contributed by atoms with Gasteiger partial charge in [-0.25, -0.2) is 0 Å². The summed E-state index contributed by atoms with van der Waals surface area (Å²) in [6.07, 6.45) is -8.48. The van der Waals surface area contributed by atoms with Crippen molar-refractivity contribution < 1.29 is 55.4 Å². The number of ether oxygens (including phenoxy) is 2. The van der Waals surface area contributed by atoms with E-state index in [1.54, 1.807) is 20.1 Å². The molecule has 0 bridgehead atoms. The van der Waals surface area contributed by atoms with Crippen LogP contribution in [0.1, 0.15) is 41.2 Å². The molecular formula is C41H46F6N6O9. The van der Waals surface area contributed by atoms with E-state index in [4.69, 9.17) is 9.47 Å². The number of nitro benzene ring substituents is 3. The van der Waals surface area contributed by atoms with Gasteiger partial charge in [0.2, 0.25) is 5.91 Å². The maximum absolute atomic E-state index is 12.1. The van der Waals surface area contributed by atoms with Crippen LogP contribution in [-0.4, -0.2) is 85.2 Å². The first-order chi connectivity index (χ1) is 29.1. The van der Waals surface area contributed by atoms with E-state index in [1.165, 1.54) is 19.5 Å². The molecule has 15 nitrogen and oxygen atoms in total. The molecule has 2 aliphatic rings. The maximum Gasteiger partial charge on any atom is 0.416 e. The topological polar surface area (TPSA) is 175 Å². The molecule has 0 unspecified atom stereocenters. The third-order valence-electron chi connectivity index (χ3n) is 9.59. The van der Waals surface area contributed by atoms with E-state index in [-0.39, 0.29) is 27.6 Å². The number of halogens is 6. The highest BCUT2D eigenvalue weighted by Crippen LogP contribution is 2.34. The third-order valence-corrected chi connectivity index (χ3v) is 9.59. The molecule has 0 atom stereocenters. The molecule has 4 aromatic rings. The number of hydrogen-bond acceptors (Lipinski definition) is 11. The van der Waals surface area contributed by atoms with Gasteiger partial charge in [0.15, 0.2) is 0 Å². The average Bonchev–Trinajstić information content (AvgIpc) is 3.23. The van der Waals surface area contributed by atoms with Crippen LogP contribution in [0.3, 0.4) is 0 Å². The number of aryl methyl sites for hydroxylation is 3. The Morgan fingerprint density at radius 3 is 1.40 bits per heavy atom. The fourth-order valence-electron chi connectivity index (χ4n) is 6.06. The van der Waals surface area contributed by atoms with Crippen LogP contribution in [0.5, 0.6) is 5.75 Å². The molecule has 1 amide bonds. The van der Waals surface area contributed by atoms with Crippen molar-refractivity contribution in [2.75, 3.05) is 69.4 Å². The summed E-state index contributed by atoms with van der Waals surface area (Å²) in [6, 6.07) is 18.3. The Kier molecular flexibility index (Phi) is 18.0. The molecule has 0 N–H and O–H groups in total. The number of carbonyl (C=O) groups excluding carboxylic acids is 1. The first kappa shape index (κ1) is 49.8. The zero-order valence-corrected chi connectivity index (χ0v) is 34.5. The lowest BCUT2D eigenvalue weighted by atomic mass is 10.1. The van der Waals surface area contributed by atoms with E-state index in [0.29, 0.717) is 37.3 Å². The second-order valence-corrected chi connectivity index (χ2v) is 13.8. The molecule has 2 heterocycles. The minimum atomic E-state index is -4.54. The smallest absolute Gasteiger partial charge is 0.416 e. The lowest BCUT2D eigenvalue weighted by Gasteiger charge is -2.37. The average molecular weight is 881 g/mol. The van der Waals surface area contributed by atoms with E-state index < -0.39 is 44.7 Å². The van der Waals surface area contributed by atoms with E-state index in [0.717, 1.165) is 75.0 Å². The van der Waals surface area contributed by atoms with E-state index in [1.807, 2.05) is 36.1 Å². The van der Waals surface area contributed by atoms with E-state index in [2.05, 4.69) is 21.9 Å². The highest BCUT2D eigenvalue weighted by Gasteiger charge is 2.33. The number of carbonyl (C=O) groups is 1. The van der Waals surface area contributed by atoms with Crippen molar-refractivity contribution in [3.05, 3.63) is 137 Å². The first-order valence-corrected chi connectivity index (χ1v) is 19.0. The summed E-state index contributed by atoms with van der Waals surface area (Å²) in [5, 5.41) is 31.6. The van der Waals surface area contributed by atoms with Crippen molar-refractivity contribution in [2.45, 2.75) is 46.5 Å². The van der Waals surface area contributed by atoms with Crippen LogP contribution >= 0.6 is 0 Å². The van der Waals surface area contributed by atoms with Crippen LogP contribution in [0.25, 0.3) is 0 Å². The lowest BCUT2D eigenvalue weighted by Crippen LogP contribution is -2.46. The molecule has 6 rings (SSSR count). The van der Waals surface area contributed by atoms with Crippen LogP contribution in [-0.2, 0) is 21.9 Å². The van der Waals surface area contributed by atoms with Crippen molar-refractivity contribution in [3.8, 4) is 5.75 Å². The van der Waals surface area contributed by atoms with Gasteiger partial charge in [0.1, 0.15) is 5.75 Å². The summed E-state index contributed by atoms with van der Waals surface area (Å²) in [5.41, 5.74) is 0.503. The second-order valence-electron chi connectivity index (χ2n) is 13.8. The number of nitrogens with zero attached hydrogens (tertiary/aromatic N) is 6. The summed E-state index contributed by atoms with van der Waals surface area (Å²) in [5.74, 6) is 1.10. The van der Waals surface area contributed by atoms with Gasteiger partial charge >= 0.3 is 12.4 Å². The zero-order valence-electron chi connectivity index (χ0n) is 34.5. The minimum absolute atomic E-state index is 0.176. The molecule has 4 aromatic carbocycles. The maximum atomic E-state index is 12.1. The quantitative estimate of drug-likeness (QED) is 0.0983. The molecule has 21 heteroatoms. The van der Waals surface area contributed by atoms with E-state index >= 15 is 0 Å². The van der Waals surface area contributed by atoms with Gasteiger partial charge in [0.25, 0.3) is 17.1 Å². The fourth-order valence-corrected chi connectivity index (χ4v) is 6.06. The second kappa shape index (κ2) is 22.4. The van der Waals surface area contributed by atoms with Gasteiger partial charge in [-0.3, -0.25) is 35.1 Å². The van der Waals surface area contributed by atoms with Gasteiger partial charge in [0.05, 0.1) is 46.2 Å². The van der Waals surface area contributed by atoms with Crippen LogP contribution in [0.15, 0.2) is 78.9 Å². The van der Waals surface area contributed by atoms with Gasteiger partial charge in [-0.05, 0) is 69.3 Å². The van der Waals surface area contributed by atoms with Crippen LogP contribution in [0.4, 0.5) is 54.8 Å². The van der Waals surface area contributed by atoms with Gasteiger partial charge < -0.3 is 24.2 Å². The summed E-state index contributed by atoms with van der Waals surface area (Å²) in [6.45, 7) is 13.0. The van der Waals surface area contributed by atoms with Gasteiger partial charge in [0, 0.05) is 92.0 Å². The van der Waals surface area contributed by atoms with Crippen molar-refractivity contribution in [2.24, 2.45) is 0 Å². The summed E-state index contributed by atoms with van der Waals surface area (Å²) in [7, 11) is 1.67. The van der Waals surface area contributed by atoms with E-state index in [9.17, 15) is 61.5 Å². The molecule has 0 saturated carbocycles. The molecule has 0 radical (unpaired) electrons. The summed E-state index contributed by atoms with van der Waals surface area (Å²) < 4.78 is 83.1. The van der Waals surface area contributed by atoms with Crippen LogP contribution < -0.4 is 14.5 Å². The van der Waals surface area contributed by atoms with Gasteiger partial charge in [-0.1, -0.05) is 19.1 Å². The fraction of sp³-hybridized carbons (Fsp3) is 0.390. The summed E-state index contributed by atoms with van der Waals surface area (Å²) >= 11 is 0. The van der Waals surface area contributed by atoms with Crippen LogP contribution in [0, 0.1) is 51.1 Å².